The van der Waals surface area contributed by atoms with Gasteiger partial charge in [-0.15, -0.1) is 0 Å². The van der Waals surface area contributed by atoms with Gasteiger partial charge >= 0.3 is 12.0 Å². The molecule has 1 aliphatic heterocycles. The van der Waals surface area contributed by atoms with Gasteiger partial charge in [0.2, 0.25) is 0 Å². The molecule has 0 spiro atoms. The fraction of sp³-hybridized carbons (Fsp3) is 0.364. The summed E-state index contributed by atoms with van der Waals surface area (Å²) in [6.45, 7) is -1.07. The molecule has 1 atom stereocenters. The van der Waals surface area contributed by atoms with Gasteiger partial charge in [0, 0.05) is 11.6 Å². The highest BCUT2D eigenvalue weighted by molar-refractivity contribution is 5.69. The fourth-order valence-electron chi connectivity index (χ4n) is 1.68. The average molecular weight is 261 g/mol. The van der Waals surface area contributed by atoms with Crippen LogP contribution in [0.15, 0.2) is 18.2 Å². The quantitative estimate of drug-likeness (QED) is 0.888. The Balaban J connectivity index is 2.37. The number of hydrogen-bond donors (Lipinski definition) is 1. The molecule has 0 bridgehead atoms. The lowest BCUT2D eigenvalue weighted by Crippen LogP contribution is -2.49. The maximum absolute atomic E-state index is 13.7. The number of rotatable bonds is 2. The van der Waals surface area contributed by atoms with Crippen LogP contribution in [0.4, 0.5) is 18.0 Å². The first-order chi connectivity index (χ1) is 8.44. The van der Waals surface area contributed by atoms with Gasteiger partial charge in [-0.05, 0) is 6.07 Å². The molecule has 0 unspecified atom stereocenters. The summed E-state index contributed by atoms with van der Waals surface area (Å²) in [7, 11) is 1.33. The zero-order valence-electron chi connectivity index (χ0n) is 9.38. The Hall–Kier alpha value is -1.92. The van der Waals surface area contributed by atoms with E-state index in [-0.39, 0.29) is 11.3 Å². The smallest absolute Gasteiger partial charge is 0.408 e. The third-order valence-corrected chi connectivity index (χ3v) is 2.60. The van der Waals surface area contributed by atoms with E-state index < -0.39 is 30.5 Å². The highest BCUT2D eigenvalue weighted by Crippen LogP contribution is 2.36. The lowest BCUT2D eigenvalue weighted by Gasteiger charge is -2.32. The van der Waals surface area contributed by atoms with E-state index in [4.69, 9.17) is 4.74 Å². The monoisotopic (exact) mass is 261 g/mol. The van der Waals surface area contributed by atoms with Crippen molar-refractivity contribution >= 4 is 6.09 Å². The molecule has 0 saturated carbocycles. The zero-order chi connectivity index (χ0) is 13.3. The minimum Gasteiger partial charge on any atom is -0.497 e. The minimum atomic E-state index is -3.37. The number of nitrogens with one attached hydrogen (secondary N) is 1. The van der Waals surface area contributed by atoms with Crippen molar-refractivity contribution < 1.29 is 27.4 Å². The molecule has 1 aromatic rings. The first-order valence-electron chi connectivity index (χ1n) is 5.08. The first kappa shape index (κ1) is 12.5. The van der Waals surface area contributed by atoms with Gasteiger partial charge in [-0.1, -0.05) is 6.07 Å². The van der Waals surface area contributed by atoms with Gasteiger partial charge in [0.1, 0.15) is 17.6 Å². The minimum absolute atomic E-state index is 0.206. The summed E-state index contributed by atoms with van der Waals surface area (Å²) in [4.78, 5) is 11.0. The van der Waals surface area contributed by atoms with Gasteiger partial charge in [0.05, 0.1) is 7.11 Å². The van der Waals surface area contributed by atoms with Crippen LogP contribution in [0, 0.1) is 5.82 Å². The van der Waals surface area contributed by atoms with Crippen molar-refractivity contribution in [2.45, 2.75) is 12.0 Å². The second kappa shape index (κ2) is 4.40. The molecule has 1 aliphatic rings. The summed E-state index contributed by atoms with van der Waals surface area (Å²) in [5.74, 6) is -4.04. The van der Waals surface area contributed by atoms with Crippen LogP contribution in [0.25, 0.3) is 0 Å². The highest BCUT2D eigenvalue weighted by atomic mass is 19.3. The van der Waals surface area contributed by atoms with Gasteiger partial charge in [-0.25, -0.2) is 18.0 Å². The van der Waals surface area contributed by atoms with Crippen LogP contribution in [0.5, 0.6) is 5.75 Å². The topological polar surface area (TPSA) is 47.6 Å². The van der Waals surface area contributed by atoms with Crippen LogP contribution in [0.3, 0.4) is 0 Å². The normalized spacial score (nSPS) is 22.0. The Kier molecular flexibility index (Phi) is 3.06. The molecule has 18 heavy (non-hydrogen) atoms. The lowest BCUT2D eigenvalue weighted by atomic mass is 9.99. The third-order valence-electron chi connectivity index (χ3n) is 2.60. The van der Waals surface area contributed by atoms with Gasteiger partial charge in [0.25, 0.3) is 0 Å². The van der Waals surface area contributed by atoms with Crippen molar-refractivity contribution in [1.82, 2.24) is 5.32 Å². The van der Waals surface area contributed by atoms with Crippen LogP contribution in [-0.2, 0) is 4.74 Å². The Labute approximate surface area is 101 Å². The Morgan fingerprint density at radius 3 is 2.83 bits per heavy atom. The summed E-state index contributed by atoms with van der Waals surface area (Å²) in [5.41, 5.74) is -0.308. The van der Waals surface area contributed by atoms with E-state index >= 15 is 0 Å². The summed E-state index contributed by atoms with van der Waals surface area (Å²) in [6.07, 6.45) is -0.999. The third kappa shape index (κ3) is 2.20. The SMILES string of the molecule is COc1ccc([C@H]2NC(=O)OCC2(F)F)c(F)c1. The number of methoxy groups -OCH3 is 1. The van der Waals surface area contributed by atoms with Crippen molar-refractivity contribution in [3.05, 3.63) is 29.6 Å². The largest absolute Gasteiger partial charge is 0.497 e. The fourth-order valence-corrected chi connectivity index (χ4v) is 1.68. The molecule has 1 aromatic carbocycles. The van der Waals surface area contributed by atoms with E-state index in [9.17, 15) is 18.0 Å². The first-order valence-corrected chi connectivity index (χ1v) is 5.08. The number of alkyl halides is 2. The second-order valence-corrected chi connectivity index (χ2v) is 3.80. The van der Waals surface area contributed by atoms with Crippen molar-refractivity contribution in [3.8, 4) is 5.75 Å². The van der Waals surface area contributed by atoms with E-state index in [2.05, 4.69) is 4.74 Å². The van der Waals surface area contributed by atoms with Crippen LogP contribution in [0.2, 0.25) is 0 Å². The number of carbonyl (C=O) groups excluding carboxylic acids is 1. The molecule has 2 rings (SSSR count). The number of cyclic esters (lactones) is 1. The van der Waals surface area contributed by atoms with Crippen molar-refractivity contribution in [2.75, 3.05) is 13.7 Å². The van der Waals surface area contributed by atoms with Gasteiger partial charge < -0.3 is 14.8 Å². The summed E-state index contributed by atoms with van der Waals surface area (Å²) in [6, 6.07) is 1.73. The van der Waals surface area contributed by atoms with Gasteiger partial charge in [0.15, 0.2) is 6.61 Å². The highest BCUT2D eigenvalue weighted by Gasteiger charge is 2.47. The van der Waals surface area contributed by atoms with Crippen molar-refractivity contribution in [1.29, 1.82) is 0 Å². The summed E-state index contributed by atoms with van der Waals surface area (Å²) in [5, 5.41) is 1.91. The number of hydrogen-bond acceptors (Lipinski definition) is 3. The van der Waals surface area contributed by atoms with Crippen molar-refractivity contribution in [2.24, 2.45) is 0 Å². The molecule has 0 radical (unpaired) electrons. The molecule has 7 heteroatoms. The zero-order valence-corrected chi connectivity index (χ0v) is 9.38. The molecule has 1 fully saturated rings. The number of amides is 1. The second-order valence-electron chi connectivity index (χ2n) is 3.80. The van der Waals surface area contributed by atoms with Crippen molar-refractivity contribution in [3.63, 3.8) is 0 Å². The molecule has 98 valence electrons. The number of alkyl carbamates (subject to hydrolysis) is 1. The van der Waals surface area contributed by atoms with E-state index in [1.165, 1.54) is 13.2 Å². The molecule has 0 aromatic heterocycles. The van der Waals surface area contributed by atoms with E-state index in [1.807, 2.05) is 5.32 Å². The Bertz CT molecular complexity index is 479. The molecular formula is C11H10F3NO3. The van der Waals surface area contributed by atoms with Crippen LogP contribution < -0.4 is 10.1 Å². The predicted octanol–water partition coefficient (Wildman–Crippen LogP) is 2.25. The van der Waals surface area contributed by atoms with Crippen LogP contribution in [0.1, 0.15) is 11.6 Å². The number of halogens is 3. The summed E-state index contributed by atoms with van der Waals surface area (Å²) >= 11 is 0. The number of benzene rings is 1. The Morgan fingerprint density at radius 1 is 1.50 bits per heavy atom. The Morgan fingerprint density at radius 2 is 2.22 bits per heavy atom. The van der Waals surface area contributed by atoms with E-state index in [0.29, 0.717) is 0 Å². The van der Waals surface area contributed by atoms with Crippen LogP contribution >= 0.6 is 0 Å². The van der Waals surface area contributed by atoms with Gasteiger partial charge in [-0.2, -0.15) is 0 Å². The number of ether oxygens (including phenoxy) is 2. The molecule has 1 saturated heterocycles. The maximum atomic E-state index is 13.7. The molecule has 1 amide bonds. The molecule has 4 nitrogen and oxygen atoms in total. The number of carbonyl (C=O) groups is 1. The summed E-state index contributed by atoms with van der Waals surface area (Å²) < 4.78 is 49.7. The molecule has 1 heterocycles. The van der Waals surface area contributed by atoms with Crippen LogP contribution in [-0.4, -0.2) is 25.7 Å². The van der Waals surface area contributed by atoms with E-state index in [1.54, 1.807) is 0 Å². The van der Waals surface area contributed by atoms with E-state index in [0.717, 1.165) is 12.1 Å². The molecule has 0 aliphatic carbocycles. The predicted molar refractivity (Wildman–Crippen MR) is 55.1 cm³/mol. The lowest BCUT2D eigenvalue weighted by molar-refractivity contribution is -0.105. The average Bonchev–Trinajstić information content (AvgIpc) is 2.32. The van der Waals surface area contributed by atoms with Gasteiger partial charge in [-0.3, -0.25) is 0 Å². The molecular weight excluding hydrogens is 251 g/mol. The standard InChI is InChI=1S/C11H10F3NO3/c1-17-6-2-3-7(8(12)4-6)9-11(13,14)5-18-10(16)15-9/h2-4,9H,5H2,1H3,(H,15,16)/t9-/m1/s1. The molecule has 1 N–H and O–H groups in total. The maximum Gasteiger partial charge on any atom is 0.408 e.